The molecule has 0 saturated carbocycles. The van der Waals surface area contributed by atoms with Crippen molar-refractivity contribution in [3.8, 4) is 28.6 Å². The van der Waals surface area contributed by atoms with Crippen molar-refractivity contribution in [2.45, 2.75) is 0 Å². The van der Waals surface area contributed by atoms with Crippen LogP contribution in [0.15, 0.2) is 48.8 Å². The molecule has 4 rings (SSSR count). The number of para-hydroxylation sites is 1. The molecule has 30 heavy (non-hydrogen) atoms. The van der Waals surface area contributed by atoms with Crippen LogP contribution >= 0.6 is 0 Å². The number of carbonyl (C=O) groups is 1. The highest BCUT2D eigenvalue weighted by atomic mass is 16.5. The average Bonchev–Trinajstić information content (AvgIpc) is 3.32. The Hall–Kier alpha value is -3.74. The summed E-state index contributed by atoms with van der Waals surface area (Å²) in [5.41, 5.74) is 2.83. The van der Waals surface area contributed by atoms with Crippen molar-refractivity contribution in [1.82, 2.24) is 14.1 Å². The molecule has 0 atom stereocenters. The summed E-state index contributed by atoms with van der Waals surface area (Å²) in [5.74, 6) is 1.78. The maximum Gasteiger partial charge on any atom is 0.213 e. The van der Waals surface area contributed by atoms with Gasteiger partial charge >= 0.3 is 0 Å². The third-order valence-electron chi connectivity index (χ3n) is 5.17. The Morgan fingerprint density at radius 1 is 0.900 bits per heavy atom. The average molecular weight is 405 g/mol. The van der Waals surface area contributed by atoms with Crippen molar-refractivity contribution < 1.29 is 19.0 Å². The molecule has 2 aromatic carbocycles. The van der Waals surface area contributed by atoms with Crippen molar-refractivity contribution in [1.29, 1.82) is 0 Å². The molecule has 0 saturated heterocycles. The van der Waals surface area contributed by atoms with Gasteiger partial charge in [-0.25, -0.2) is 4.98 Å². The van der Waals surface area contributed by atoms with E-state index < -0.39 is 0 Å². The molecule has 0 bridgehead atoms. The Kier molecular flexibility index (Phi) is 4.95. The van der Waals surface area contributed by atoms with Crippen LogP contribution in [0.2, 0.25) is 0 Å². The second kappa shape index (κ2) is 7.59. The van der Waals surface area contributed by atoms with E-state index in [1.165, 1.54) is 21.3 Å². The summed E-state index contributed by atoms with van der Waals surface area (Å²) in [4.78, 5) is 17.9. The summed E-state index contributed by atoms with van der Waals surface area (Å²) < 4.78 is 20.0. The van der Waals surface area contributed by atoms with Gasteiger partial charge < -0.3 is 23.3 Å². The van der Waals surface area contributed by atoms with Crippen LogP contribution in [0.5, 0.6) is 17.2 Å². The van der Waals surface area contributed by atoms with Crippen molar-refractivity contribution in [3.05, 3.63) is 60.0 Å². The van der Waals surface area contributed by atoms with Gasteiger partial charge in [-0.15, -0.1) is 0 Å². The molecule has 0 aliphatic carbocycles. The van der Waals surface area contributed by atoms with E-state index >= 15 is 0 Å². The molecule has 4 aromatic rings. The molecular formula is C23H23N3O4. The highest BCUT2D eigenvalue weighted by Crippen LogP contribution is 2.39. The number of aromatic nitrogens is 3. The van der Waals surface area contributed by atoms with Crippen LogP contribution in [0.25, 0.3) is 22.3 Å². The second-order valence-corrected chi connectivity index (χ2v) is 6.97. The Labute approximate surface area is 174 Å². The summed E-state index contributed by atoms with van der Waals surface area (Å²) in [6.45, 7) is 0. The highest BCUT2D eigenvalue weighted by molar-refractivity contribution is 6.09. The van der Waals surface area contributed by atoms with Crippen LogP contribution in [0.4, 0.5) is 0 Å². The molecule has 7 heteroatoms. The Bertz CT molecular complexity index is 1230. The number of carbonyl (C=O) groups excluding carboxylic acids is 1. The summed E-state index contributed by atoms with van der Waals surface area (Å²) in [5, 5.41) is 1.08. The predicted molar refractivity (Wildman–Crippen MR) is 115 cm³/mol. The number of nitrogens with zero attached hydrogens (tertiary/aromatic N) is 3. The quantitative estimate of drug-likeness (QED) is 0.456. The number of benzene rings is 2. The van der Waals surface area contributed by atoms with Crippen LogP contribution in [0.1, 0.15) is 16.1 Å². The summed E-state index contributed by atoms with van der Waals surface area (Å²) >= 11 is 0. The largest absolute Gasteiger partial charge is 0.493 e. The van der Waals surface area contributed by atoms with E-state index in [0.29, 0.717) is 28.5 Å². The first-order valence-corrected chi connectivity index (χ1v) is 9.41. The lowest BCUT2D eigenvalue weighted by molar-refractivity contribution is 0.103. The van der Waals surface area contributed by atoms with Gasteiger partial charge in [-0.05, 0) is 18.2 Å². The number of fused-ring (bicyclic) bond motifs is 1. The van der Waals surface area contributed by atoms with Crippen molar-refractivity contribution in [2.75, 3.05) is 21.3 Å². The Morgan fingerprint density at radius 3 is 2.20 bits per heavy atom. The fourth-order valence-electron chi connectivity index (χ4n) is 3.71. The minimum absolute atomic E-state index is 0.226. The van der Waals surface area contributed by atoms with E-state index in [2.05, 4.69) is 21.7 Å². The van der Waals surface area contributed by atoms with Crippen molar-refractivity contribution >= 4 is 16.7 Å². The third kappa shape index (κ3) is 3.08. The Balaban J connectivity index is 1.79. The van der Waals surface area contributed by atoms with E-state index in [9.17, 15) is 4.79 Å². The van der Waals surface area contributed by atoms with E-state index in [1.807, 2.05) is 37.0 Å². The third-order valence-corrected chi connectivity index (χ3v) is 5.17. The summed E-state index contributed by atoms with van der Waals surface area (Å²) in [6, 6.07) is 11.4. The first kappa shape index (κ1) is 19.6. The van der Waals surface area contributed by atoms with Gasteiger partial charge in [-0.3, -0.25) is 4.79 Å². The molecule has 0 radical (unpaired) electrons. The minimum Gasteiger partial charge on any atom is -0.493 e. The summed E-state index contributed by atoms with van der Waals surface area (Å²) in [7, 11) is 8.44. The molecule has 0 amide bonds. The van der Waals surface area contributed by atoms with Crippen LogP contribution in [-0.4, -0.2) is 41.2 Å². The number of methoxy groups -OCH3 is 3. The van der Waals surface area contributed by atoms with Gasteiger partial charge in [0.25, 0.3) is 0 Å². The standard InChI is InChI=1S/C23H23N3O4/c1-25-12-16(15-8-6-7-9-18(15)25)23-24-17(13-26(23)2)21(27)14-10-19(28-3)22(30-5)20(11-14)29-4/h6-13H,1-5H3. The van der Waals surface area contributed by atoms with Gasteiger partial charge in [-0.1, -0.05) is 18.2 Å². The first-order valence-electron chi connectivity index (χ1n) is 9.41. The fourth-order valence-corrected chi connectivity index (χ4v) is 3.71. The van der Waals surface area contributed by atoms with Gasteiger partial charge in [0.2, 0.25) is 11.5 Å². The topological polar surface area (TPSA) is 67.5 Å². The zero-order valence-corrected chi connectivity index (χ0v) is 17.6. The second-order valence-electron chi connectivity index (χ2n) is 6.97. The van der Waals surface area contributed by atoms with E-state index in [0.717, 1.165) is 22.3 Å². The fraction of sp³-hybridized carbons (Fsp3) is 0.217. The number of ether oxygens (including phenoxy) is 3. The molecule has 154 valence electrons. The maximum absolute atomic E-state index is 13.2. The zero-order chi connectivity index (χ0) is 21.4. The molecule has 0 N–H and O–H groups in total. The molecule has 0 unspecified atom stereocenters. The number of aryl methyl sites for hydroxylation is 2. The molecule has 0 aliphatic rings. The highest BCUT2D eigenvalue weighted by Gasteiger charge is 2.22. The van der Waals surface area contributed by atoms with E-state index in [4.69, 9.17) is 14.2 Å². The van der Waals surface area contributed by atoms with E-state index in [-0.39, 0.29) is 5.78 Å². The van der Waals surface area contributed by atoms with Crippen LogP contribution in [-0.2, 0) is 14.1 Å². The van der Waals surface area contributed by atoms with Crippen molar-refractivity contribution in [2.24, 2.45) is 14.1 Å². The SMILES string of the molecule is COc1cc(C(=O)c2cn(C)c(-c3cn(C)c4ccccc34)n2)cc(OC)c1OC. The summed E-state index contributed by atoms with van der Waals surface area (Å²) in [6.07, 6.45) is 3.77. The number of ketones is 1. The van der Waals surface area contributed by atoms with Crippen LogP contribution in [0.3, 0.4) is 0 Å². The van der Waals surface area contributed by atoms with Crippen LogP contribution in [0, 0.1) is 0 Å². The maximum atomic E-state index is 13.2. The molecule has 2 heterocycles. The normalized spacial score (nSPS) is 11.0. The van der Waals surface area contributed by atoms with E-state index in [1.54, 1.807) is 18.3 Å². The lowest BCUT2D eigenvalue weighted by atomic mass is 10.1. The predicted octanol–water partition coefficient (Wildman–Crippen LogP) is 3.84. The number of hydrogen-bond acceptors (Lipinski definition) is 5. The molecular weight excluding hydrogens is 382 g/mol. The first-order chi connectivity index (χ1) is 14.5. The molecule has 0 spiro atoms. The van der Waals surface area contributed by atoms with Gasteiger partial charge in [0.1, 0.15) is 11.5 Å². The van der Waals surface area contributed by atoms with Gasteiger partial charge in [0.05, 0.1) is 21.3 Å². The van der Waals surface area contributed by atoms with Gasteiger partial charge in [0, 0.05) is 48.5 Å². The Morgan fingerprint density at radius 2 is 1.57 bits per heavy atom. The minimum atomic E-state index is -0.226. The van der Waals surface area contributed by atoms with Gasteiger partial charge in [-0.2, -0.15) is 0 Å². The van der Waals surface area contributed by atoms with Crippen LogP contribution < -0.4 is 14.2 Å². The van der Waals surface area contributed by atoms with Gasteiger partial charge in [0.15, 0.2) is 11.5 Å². The number of hydrogen-bond donors (Lipinski definition) is 0. The smallest absolute Gasteiger partial charge is 0.213 e. The molecule has 7 nitrogen and oxygen atoms in total. The lowest BCUT2D eigenvalue weighted by Crippen LogP contribution is -2.04. The molecule has 0 fully saturated rings. The molecule has 0 aliphatic heterocycles. The monoisotopic (exact) mass is 405 g/mol. The number of rotatable bonds is 6. The lowest BCUT2D eigenvalue weighted by Gasteiger charge is -2.13. The molecule has 2 aromatic heterocycles. The zero-order valence-electron chi connectivity index (χ0n) is 17.6. The van der Waals surface area contributed by atoms with Crippen molar-refractivity contribution in [3.63, 3.8) is 0 Å². The number of imidazole rings is 1.